The smallest absolute Gasteiger partial charge is 0.295 e. The van der Waals surface area contributed by atoms with E-state index in [-0.39, 0.29) is 11.3 Å². The van der Waals surface area contributed by atoms with Crippen LogP contribution in [0, 0.1) is 0 Å². The lowest BCUT2D eigenvalue weighted by Crippen LogP contribution is -2.34. The molecule has 1 aromatic carbocycles. The summed E-state index contributed by atoms with van der Waals surface area (Å²) in [4.78, 5) is 34.5. The van der Waals surface area contributed by atoms with E-state index in [1.54, 1.807) is 47.5 Å². The molecule has 1 aliphatic rings. The van der Waals surface area contributed by atoms with Gasteiger partial charge in [0.25, 0.3) is 11.7 Å². The normalized spacial score (nSPS) is 17.8. The third-order valence-electron chi connectivity index (χ3n) is 6.08. The van der Waals surface area contributed by atoms with Crippen molar-refractivity contribution >= 4 is 17.4 Å². The van der Waals surface area contributed by atoms with E-state index in [1.807, 2.05) is 12.1 Å². The molecular weight excluding hydrogens is 414 g/mol. The number of carbonyl (C=O) groups excluding carboxylic acids is 2. The van der Waals surface area contributed by atoms with Gasteiger partial charge in [0.15, 0.2) is 0 Å². The first-order valence-electron chi connectivity index (χ1n) is 12.1. The summed E-state index contributed by atoms with van der Waals surface area (Å²) in [6.07, 6.45) is 7.01. The highest BCUT2D eigenvalue weighted by Crippen LogP contribution is 2.38. The third-order valence-corrected chi connectivity index (χ3v) is 6.08. The zero-order valence-corrected chi connectivity index (χ0v) is 19.7. The Morgan fingerprint density at radius 2 is 1.58 bits per heavy atom. The van der Waals surface area contributed by atoms with Gasteiger partial charge in [-0.25, -0.2) is 0 Å². The van der Waals surface area contributed by atoms with Crippen LogP contribution in [0.4, 0.5) is 0 Å². The quantitative estimate of drug-likeness (QED) is 0.286. The number of hydrogen-bond donors (Lipinski definition) is 1. The summed E-state index contributed by atoms with van der Waals surface area (Å²) >= 11 is 0. The number of aromatic nitrogens is 1. The van der Waals surface area contributed by atoms with E-state index in [2.05, 4.69) is 23.7 Å². The van der Waals surface area contributed by atoms with Crippen LogP contribution in [0.3, 0.4) is 0 Å². The summed E-state index contributed by atoms with van der Waals surface area (Å²) in [7, 11) is 0. The largest absolute Gasteiger partial charge is 0.507 e. The topological polar surface area (TPSA) is 73.7 Å². The fourth-order valence-electron chi connectivity index (χ4n) is 4.27. The molecule has 33 heavy (non-hydrogen) atoms. The lowest BCUT2D eigenvalue weighted by Gasteiger charge is -2.27. The average Bonchev–Trinajstić information content (AvgIpc) is 3.11. The van der Waals surface area contributed by atoms with Gasteiger partial charge in [0.1, 0.15) is 11.8 Å². The van der Waals surface area contributed by atoms with Crippen molar-refractivity contribution in [2.45, 2.75) is 52.0 Å². The Hall–Kier alpha value is -2.99. The third kappa shape index (κ3) is 6.08. The summed E-state index contributed by atoms with van der Waals surface area (Å²) in [5.41, 5.74) is 1.21. The van der Waals surface area contributed by atoms with Crippen molar-refractivity contribution in [3.63, 3.8) is 0 Å². The highest BCUT2D eigenvalue weighted by Gasteiger charge is 2.46. The number of unbranched alkanes of at least 4 members (excludes halogenated alkanes) is 2. The van der Waals surface area contributed by atoms with E-state index >= 15 is 0 Å². The summed E-state index contributed by atoms with van der Waals surface area (Å²) in [5.74, 6) is -1.38. The minimum Gasteiger partial charge on any atom is -0.507 e. The van der Waals surface area contributed by atoms with Gasteiger partial charge in [-0.05, 0) is 51.0 Å². The molecule has 2 aromatic rings. The maximum Gasteiger partial charge on any atom is 0.295 e. The Bertz CT molecular complexity index is 936. The average molecular weight is 450 g/mol. The molecule has 176 valence electrons. The number of Topliss-reactive ketones (excluding diaryl/α,β-unsaturated/α-hetero) is 1. The van der Waals surface area contributed by atoms with Crippen LogP contribution in [0.25, 0.3) is 5.76 Å². The zero-order valence-electron chi connectivity index (χ0n) is 19.7. The Balaban J connectivity index is 1.85. The first-order chi connectivity index (χ1) is 16.1. The van der Waals surface area contributed by atoms with E-state index in [0.717, 1.165) is 51.7 Å². The SMILES string of the molecule is CCCCN(CCCC)CCCN1C(=O)C(=O)C(=C(O)c2ccccc2)C1c1ccccn1. The van der Waals surface area contributed by atoms with Gasteiger partial charge < -0.3 is 14.9 Å². The summed E-state index contributed by atoms with van der Waals surface area (Å²) in [5, 5.41) is 11.0. The summed E-state index contributed by atoms with van der Waals surface area (Å²) in [6, 6.07) is 13.6. The Kier molecular flexibility index (Phi) is 9.19. The fourth-order valence-corrected chi connectivity index (χ4v) is 4.27. The maximum absolute atomic E-state index is 13.0. The first kappa shape index (κ1) is 24.6. The van der Waals surface area contributed by atoms with Gasteiger partial charge in [-0.1, -0.05) is 63.1 Å². The van der Waals surface area contributed by atoms with Gasteiger partial charge in [-0.15, -0.1) is 0 Å². The number of benzene rings is 1. The fraction of sp³-hybridized carbons (Fsp3) is 0.444. The molecule has 1 aliphatic heterocycles. The second kappa shape index (κ2) is 12.3. The second-order valence-electron chi connectivity index (χ2n) is 8.52. The van der Waals surface area contributed by atoms with Crippen molar-refractivity contribution in [3.8, 4) is 0 Å². The molecule has 2 heterocycles. The Morgan fingerprint density at radius 3 is 2.18 bits per heavy atom. The van der Waals surface area contributed by atoms with Gasteiger partial charge in [0.2, 0.25) is 0 Å². The van der Waals surface area contributed by atoms with E-state index in [9.17, 15) is 14.7 Å². The number of amides is 1. The van der Waals surface area contributed by atoms with Crippen molar-refractivity contribution in [2.75, 3.05) is 26.2 Å². The van der Waals surface area contributed by atoms with Crippen LogP contribution in [0.5, 0.6) is 0 Å². The van der Waals surface area contributed by atoms with E-state index < -0.39 is 17.7 Å². The molecule has 1 fully saturated rings. The second-order valence-corrected chi connectivity index (χ2v) is 8.52. The van der Waals surface area contributed by atoms with E-state index in [0.29, 0.717) is 17.8 Å². The first-order valence-corrected chi connectivity index (χ1v) is 12.1. The highest BCUT2D eigenvalue weighted by molar-refractivity contribution is 6.46. The van der Waals surface area contributed by atoms with Crippen LogP contribution >= 0.6 is 0 Å². The number of aliphatic hydroxyl groups is 1. The highest BCUT2D eigenvalue weighted by atomic mass is 16.3. The van der Waals surface area contributed by atoms with Gasteiger partial charge in [-0.2, -0.15) is 0 Å². The monoisotopic (exact) mass is 449 g/mol. The molecule has 1 unspecified atom stereocenters. The van der Waals surface area contributed by atoms with Gasteiger partial charge in [0, 0.05) is 18.3 Å². The lowest BCUT2D eigenvalue weighted by molar-refractivity contribution is -0.140. The molecule has 0 spiro atoms. The molecule has 1 atom stereocenters. The predicted octanol–water partition coefficient (Wildman–Crippen LogP) is 4.80. The van der Waals surface area contributed by atoms with Crippen molar-refractivity contribution < 1.29 is 14.7 Å². The molecule has 1 amide bonds. The number of nitrogens with zero attached hydrogens (tertiary/aromatic N) is 3. The maximum atomic E-state index is 13.0. The molecule has 3 rings (SSSR count). The molecule has 0 aliphatic carbocycles. The van der Waals surface area contributed by atoms with Gasteiger partial charge in [-0.3, -0.25) is 14.6 Å². The molecule has 6 heteroatoms. The number of rotatable bonds is 12. The molecule has 6 nitrogen and oxygen atoms in total. The molecular formula is C27H35N3O3. The van der Waals surface area contributed by atoms with E-state index in [4.69, 9.17) is 0 Å². The van der Waals surface area contributed by atoms with Crippen LogP contribution in [0.1, 0.15) is 63.3 Å². The number of hydrogen-bond acceptors (Lipinski definition) is 5. The van der Waals surface area contributed by atoms with Crippen molar-refractivity contribution in [2.24, 2.45) is 0 Å². The standard InChI is InChI=1S/C27H35N3O3/c1-3-5-17-29(18-6-4-2)19-12-20-30-24(22-15-10-11-16-28-22)23(26(32)27(30)33)25(31)21-13-8-7-9-14-21/h7-11,13-16,24,31H,3-6,12,17-20H2,1-2H3. The van der Waals surface area contributed by atoms with Crippen LogP contribution in [0.15, 0.2) is 60.3 Å². The molecule has 0 radical (unpaired) electrons. The number of ketones is 1. The number of likely N-dealkylation sites (tertiary alicyclic amines) is 1. The molecule has 1 aromatic heterocycles. The van der Waals surface area contributed by atoms with Crippen LogP contribution in [0.2, 0.25) is 0 Å². The van der Waals surface area contributed by atoms with Crippen molar-refractivity contribution in [1.82, 2.24) is 14.8 Å². The summed E-state index contributed by atoms with van der Waals surface area (Å²) < 4.78 is 0. The van der Waals surface area contributed by atoms with Crippen LogP contribution in [-0.4, -0.2) is 57.8 Å². The molecule has 0 saturated carbocycles. The van der Waals surface area contributed by atoms with Crippen LogP contribution < -0.4 is 0 Å². The number of pyridine rings is 1. The van der Waals surface area contributed by atoms with Crippen LogP contribution in [-0.2, 0) is 9.59 Å². The minimum atomic E-state index is -0.689. The number of aliphatic hydroxyl groups excluding tert-OH is 1. The van der Waals surface area contributed by atoms with Gasteiger partial charge in [0.05, 0.1) is 11.3 Å². The summed E-state index contributed by atoms with van der Waals surface area (Å²) in [6.45, 7) is 7.79. The zero-order chi connectivity index (χ0) is 23.6. The molecule has 1 N–H and O–H groups in total. The van der Waals surface area contributed by atoms with Gasteiger partial charge >= 0.3 is 0 Å². The molecule has 0 bridgehead atoms. The lowest BCUT2D eigenvalue weighted by atomic mass is 9.98. The predicted molar refractivity (Wildman–Crippen MR) is 131 cm³/mol. The Labute approximate surface area is 196 Å². The minimum absolute atomic E-state index is 0.110. The van der Waals surface area contributed by atoms with E-state index in [1.165, 1.54) is 0 Å². The molecule has 1 saturated heterocycles. The number of carbonyl (C=O) groups is 2. The Morgan fingerprint density at radius 1 is 0.939 bits per heavy atom. The van der Waals surface area contributed by atoms with Crippen molar-refractivity contribution in [3.05, 3.63) is 71.6 Å². The van der Waals surface area contributed by atoms with Crippen molar-refractivity contribution in [1.29, 1.82) is 0 Å².